The van der Waals surface area contributed by atoms with Gasteiger partial charge in [0.2, 0.25) is 0 Å². The van der Waals surface area contributed by atoms with E-state index in [0.29, 0.717) is 18.8 Å². The summed E-state index contributed by atoms with van der Waals surface area (Å²) in [6.07, 6.45) is 0. The molecule has 0 aliphatic carbocycles. The smallest absolute Gasteiger partial charge is 0.292 e. The summed E-state index contributed by atoms with van der Waals surface area (Å²) in [5.74, 6) is 0. The van der Waals surface area contributed by atoms with Crippen molar-refractivity contribution in [1.82, 2.24) is 4.90 Å². The lowest BCUT2D eigenvalue weighted by molar-refractivity contribution is -0.384. The molecule has 0 amide bonds. The molecule has 2 aromatic carbocycles. The van der Waals surface area contributed by atoms with Gasteiger partial charge in [-0.05, 0) is 17.2 Å². The number of rotatable bonds is 6. The van der Waals surface area contributed by atoms with E-state index in [0.717, 1.165) is 37.4 Å². The third-order valence-electron chi connectivity index (χ3n) is 4.09. The molecule has 1 N–H and O–H groups in total. The van der Waals surface area contributed by atoms with Crippen molar-refractivity contribution in [3.63, 3.8) is 0 Å². The zero-order valence-electron chi connectivity index (χ0n) is 13.5. The Morgan fingerprint density at radius 1 is 1.08 bits per heavy atom. The van der Waals surface area contributed by atoms with Crippen LogP contribution in [0.1, 0.15) is 11.1 Å². The molecule has 0 atom stereocenters. The van der Waals surface area contributed by atoms with Crippen LogP contribution < -0.4 is 5.32 Å². The Balaban J connectivity index is 1.70. The molecular formula is C18H21N3O3. The van der Waals surface area contributed by atoms with E-state index in [1.165, 1.54) is 0 Å². The number of hydrogen-bond donors (Lipinski definition) is 1. The Morgan fingerprint density at radius 3 is 2.54 bits per heavy atom. The Morgan fingerprint density at radius 2 is 1.83 bits per heavy atom. The second kappa shape index (κ2) is 7.90. The molecular weight excluding hydrogens is 306 g/mol. The van der Waals surface area contributed by atoms with Crippen molar-refractivity contribution in [1.29, 1.82) is 0 Å². The van der Waals surface area contributed by atoms with Crippen LogP contribution in [0.3, 0.4) is 0 Å². The van der Waals surface area contributed by atoms with E-state index in [-0.39, 0.29) is 10.6 Å². The molecule has 0 saturated carbocycles. The van der Waals surface area contributed by atoms with Crippen molar-refractivity contribution in [3.8, 4) is 0 Å². The summed E-state index contributed by atoms with van der Waals surface area (Å²) in [6, 6.07) is 15.3. The maximum Gasteiger partial charge on any atom is 0.292 e. The van der Waals surface area contributed by atoms with E-state index < -0.39 is 0 Å². The van der Waals surface area contributed by atoms with Crippen molar-refractivity contribution in [3.05, 3.63) is 69.8 Å². The van der Waals surface area contributed by atoms with Gasteiger partial charge < -0.3 is 10.1 Å². The highest BCUT2D eigenvalue weighted by molar-refractivity contribution is 5.62. The summed E-state index contributed by atoms with van der Waals surface area (Å²) in [6.45, 7) is 4.44. The predicted molar refractivity (Wildman–Crippen MR) is 93.0 cm³/mol. The third-order valence-corrected chi connectivity index (χ3v) is 4.09. The molecule has 6 nitrogen and oxygen atoms in total. The minimum atomic E-state index is -0.323. The maximum atomic E-state index is 11.4. The third kappa shape index (κ3) is 4.31. The molecule has 1 aliphatic rings. The van der Waals surface area contributed by atoms with Crippen molar-refractivity contribution < 1.29 is 9.66 Å². The molecule has 1 aliphatic heterocycles. The number of hydrogen-bond acceptors (Lipinski definition) is 5. The van der Waals surface area contributed by atoms with Gasteiger partial charge in [-0.2, -0.15) is 0 Å². The van der Waals surface area contributed by atoms with Crippen molar-refractivity contribution >= 4 is 11.4 Å². The van der Waals surface area contributed by atoms with E-state index in [2.05, 4.69) is 10.2 Å². The van der Waals surface area contributed by atoms with Gasteiger partial charge in [-0.1, -0.05) is 36.4 Å². The SMILES string of the molecule is O=[N+]([O-])c1cc(CN2CCOCC2)ccc1NCc1ccccc1. The number of ether oxygens (including phenoxy) is 1. The Kier molecular flexibility index (Phi) is 5.40. The molecule has 24 heavy (non-hydrogen) atoms. The topological polar surface area (TPSA) is 67.6 Å². The summed E-state index contributed by atoms with van der Waals surface area (Å²) in [4.78, 5) is 13.3. The lowest BCUT2D eigenvalue weighted by atomic mass is 10.1. The van der Waals surface area contributed by atoms with Gasteiger partial charge in [-0.3, -0.25) is 15.0 Å². The summed E-state index contributed by atoms with van der Waals surface area (Å²) >= 11 is 0. The van der Waals surface area contributed by atoms with E-state index >= 15 is 0 Å². The van der Waals surface area contributed by atoms with Crippen LogP contribution in [0.5, 0.6) is 0 Å². The average Bonchev–Trinajstić information content (AvgIpc) is 2.62. The summed E-state index contributed by atoms with van der Waals surface area (Å²) in [5.41, 5.74) is 2.71. The summed E-state index contributed by atoms with van der Waals surface area (Å²) in [7, 11) is 0. The molecule has 126 valence electrons. The highest BCUT2D eigenvalue weighted by atomic mass is 16.6. The molecule has 0 unspecified atom stereocenters. The molecule has 0 spiro atoms. The number of anilines is 1. The number of nitro groups is 1. The fraction of sp³-hybridized carbons (Fsp3) is 0.333. The first-order valence-corrected chi connectivity index (χ1v) is 8.07. The van der Waals surface area contributed by atoms with Gasteiger partial charge >= 0.3 is 0 Å². The first kappa shape index (κ1) is 16.4. The standard InChI is InChI=1S/C18H21N3O3/c22-21(23)18-12-16(14-20-8-10-24-11-9-20)6-7-17(18)19-13-15-4-2-1-3-5-15/h1-7,12,19H,8-11,13-14H2. The molecule has 0 bridgehead atoms. The van der Waals surface area contributed by atoms with Gasteiger partial charge in [-0.15, -0.1) is 0 Å². The highest BCUT2D eigenvalue weighted by Gasteiger charge is 2.17. The summed E-state index contributed by atoms with van der Waals surface area (Å²) in [5, 5.41) is 14.6. The lowest BCUT2D eigenvalue weighted by Crippen LogP contribution is -2.35. The fourth-order valence-corrected chi connectivity index (χ4v) is 2.79. The van der Waals surface area contributed by atoms with Crippen LogP contribution in [0, 0.1) is 10.1 Å². The molecule has 0 aromatic heterocycles. The first-order valence-electron chi connectivity index (χ1n) is 8.07. The van der Waals surface area contributed by atoms with Crippen LogP contribution >= 0.6 is 0 Å². The Hall–Kier alpha value is -2.44. The Labute approximate surface area is 141 Å². The zero-order valence-corrected chi connectivity index (χ0v) is 13.5. The van der Waals surface area contributed by atoms with Gasteiger partial charge in [0.15, 0.2) is 0 Å². The number of morpholine rings is 1. The molecule has 1 fully saturated rings. The van der Waals surface area contributed by atoms with Crippen molar-refractivity contribution in [2.75, 3.05) is 31.6 Å². The summed E-state index contributed by atoms with van der Waals surface area (Å²) < 4.78 is 5.33. The van der Waals surface area contributed by atoms with Gasteiger partial charge in [0, 0.05) is 32.2 Å². The molecule has 0 radical (unpaired) electrons. The van der Waals surface area contributed by atoms with Crippen molar-refractivity contribution in [2.24, 2.45) is 0 Å². The van der Waals surface area contributed by atoms with Crippen LogP contribution in [0.4, 0.5) is 11.4 Å². The van der Waals surface area contributed by atoms with Crippen LogP contribution in [0.2, 0.25) is 0 Å². The highest BCUT2D eigenvalue weighted by Crippen LogP contribution is 2.27. The second-order valence-corrected chi connectivity index (χ2v) is 5.84. The monoisotopic (exact) mass is 327 g/mol. The Bertz CT molecular complexity index is 685. The number of benzene rings is 2. The van der Waals surface area contributed by atoms with Gasteiger partial charge in [0.25, 0.3) is 5.69 Å². The number of nitro benzene ring substituents is 1. The van der Waals surface area contributed by atoms with E-state index in [1.54, 1.807) is 12.1 Å². The quantitative estimate of drug-likeness (QED) is 0.652. The van der Waals surface area contributed by atoms with Crippen molar-refractivity contribution in [2.45, 2.75) is 13.1 Å². The fourth-order valence-electron chi connectivity index (χ4n) is 2.79. The number of nitrogens with one attached hydrogen (secondary N) is 1. The first-order chi connectivity index (χ1) is 11.7. The van der Waals surface area contributed by atoms with Gasteiger partial charge in [0.1, 0.15) is 5.69 Å². The zero-order chi connectivity index (χ0) is 16.8. The second-order valence-electron chi connectivity index (χ2n) is 5.84. The van der Waals surface area contributed by atoms with Crippen LogP contribution in [0.15, 0.2) is 48.5 Å². The molecule has 3 rings (SSSR count). The normalized spacial score (nSPS) is 15.2. The van der Waals surface area contributed by atoms with E-state index in [9.17, 15) is 10.1 Å². The largest absolute Gasteiger partial charge is 0.379 e. The van der Waals surface area contributed by atoms with Crippen LogP contribution in [-0.4, -0.2) is 36.1 Å². The minimum absolute atomic E-state index is 0.122. The molecule has 2 aromatic rings. The van der Waals surface area contributed by atoms with Gasteiger partial charge in [-0.25, -0.2) is 0 Å². The maximum absolute atomic E-state index is 11.4. The predicted octanol–water partition coefficient (Wildman–Crippen LogP) is 3.04. The van der Waals surface area contributed by atoms with Crippen LogP contribution in [-0.2, 0) is 17.8 Å². The average molecular weight is 327 g/mol. The van der Waals surface area contributed by atoms with E-state index in [1.807, 2.05) is 36.4 Å². The molecule has 6 heteroatoms. The van der Waals surface area contributed by atoms with E-state index in [4.69, 9.17) is 4.74 Å². The molecule has 1 saturated heterocycles. The number of nitrogens with zero attached hydrogens (tertiary/aromatic N) is 2. The molecule has 1 heterocycles. The van der Waals surface area contributed by atoms with Gasteiger partial charge in [0.05, 0.1) is 18.1 Å². The van der Waals surface area contributed by atoms with Crippen LogP contribution in [0.25, 0.3) is 0 Å². The lowest BCUT2D eigenvalue weighted by Gasteiger charge is -2.26. The minimum Gasteiger partial charge on any atom is -0.379 e.